The molecule has 0 bridgehead atoms. The highest BCUT2D eigenvalue weighted by Crippen LogP contribution is 2.36. The number of methoxy groups -OCH3 is 2. The quantitative estimate of drug-likeness (QED) is 0.286. The van der Waals surface area contributed by atoms with E-state index < -0.39 is 11.7 Å². The van der Waals surface area contributed by atoms with Gasteiger partial charge in [-0.25, -0.2) is 4.79 Å². The number of fused-ring (bicyclic) bond motifs is 1. The highest BCUT2D eigenvalue weighted by molar-refractivity contribution is 6.04. The van der Waals surface area contributed by atoms with Gasteiger partial charge in [0.2, 0.25) is 5.91 Å². The number of carbonyl (C=O) groups is 2. The van der Waals surface area contributed by atoms with Crippen molar-refractivity contribution in [2.75, 3.05) is 27.4 Å². The minimum atomic E-state index is -0.676. The number of alkyl carbamates (subject to hydrolysis) is 1. The summed E-state index contributed by atoms with van der Waals surface area (Å²) in [4.78, 5) is 24.3. The molecule has 0 saturated heterocycles. The summed E-state index contributed by atoms with van der Waals surface area (Å²) in [5.41, 5.74) is 1.66. The van der Waals surface area contributed by atoms with Gasteiger partial charge >= 0.3 is 6.09 Å². The van der Waals surface area contributed by atoms with Crippen LogP contribution in [0.5, 0.6) is 17.2 Å². The summed E-state index contributed by atoms with van der Waals surface area (Å²) in [7, 11) is 3.13. The SMILES string of the molecule is COc1ccc(C=CC(=O)NCCC2COc3ccc(C(=N)NC(=O)OC(C)(C)C)cc32)cc1OC. The van der Waals surface area contributed by atoms with Crippen LogP contribution in [0.4, 0.5) is 4.79 Å². The Morgan fingerprint density at radius 1 is 1.11 bits per heavy atom. The van der Waals surface area contributed by atoms with Crippen LogP contribution in [0.2, 0.25) is 0 Å². The summed E-state index contributed by atoms with van der Waals surface area (Å²) in [5, 5.41) is 13.6. The van der Waals surface area contributed by atoms with E-state index in [4.69, 9.17) is 24.4 Å². The minimum absolute atomic E-state index is 0.0497. The lowest BCUT2D eigenvalue weighted by atomic mass is 9.96. The van der Waals surface area contributed by atoms with Crippen molar-refractivity contribution in [1.29, 1.82) is 5.41 Å². The average molecular weight is 496 g/mol. The number of rotatable bonds is 8. The number of ether oxygens (including phenoxy) is 4. The molecule has 0 radical (unpaired) electrons. The Morgan fingerprint density at radius 3 is 2.56 bits per heavy atom. The number of carbonyl (C=O) groups excluding carboxylic acids is 2. The Kier molecular flexibility index (Phi) is 8.58. The summed E-state index contributed by atoms with van der Waals surface area (Å²) in [5.74, 6) is 1.76. The lowest BCUT2D eigenvalue weighted by Crippen LogP contribution is -2.36. The van der Waals surface area contributed by atoms with Gasteiger partial charge < -0.3 is 24.3 Å². The molecular formula is C27H33N3O6. The second kappa shape index (κ2) is 11.6. The molecule has 0 aromatic heterocycles. The van der Waals surface area contributed by atoms with Crippen molar-refractivity contribution >= 4 is 23.9 Å². The van der Waals surface area contributed by atoms with Gasteiger partial charge in [-0.15, -0.1) is 0 Å². The van der Waals surface area contributed by atoms with E-state index in [-0.39, 0.29) is 17.7 Å². The van der Waals surface area contributed by atoms with Gasteiger partial charge in [-0.05, 0) is 69.2 Å². The fraction of sp³-hybridized carbons (Fsp3) is 0.370. The van der Waals surface area contributed by atoms with Crippen molar-refractivity contribution in [2.45, 2.75) is 38.7 Å². The summed E-state index contributed by atoms with van der Waals surface area (Å²) in [6, 6.07) is 10.8. The third-order valence-electron chi connectivity index (χ3n) is 5.43. The van der Waals surface area contributed by atoms with Gasteiger partial charge in [0.25, 0.3) is 0 Å². The van der Waals surface area contributed by atoms with Crippen LogP contribution in [0.1, 0.15) is 49.8 Å². The van der Waals surface area contributed by atoms with Crippen LogP contribution < -0.4 is 24.8 Å². The molecule has 9 nitrogen and oxygen atoms in total. The highest BCUT2D eigenvalue weighted by Gasteiger charge is 2.25. The molecule has 192 valence electrons. The molecule has 9 heteroatoms. The topological polar surface area (TPSA) is 119 Å². The van der Waals surface area contributed by atoms with E-state index in [2.05, 4.69) is 10.6 Å². The fourth-order valence-electron chi connectivity index (χ4n) is 3.71. The molecule has 1 aliphatic rings. The maximum absolute atomic E-state index is 12.3. The van der Waals surface area contributed by atoms with E-state index in [9.17, 15) is 9.59 Å². The Hall–Kier alpha value is -4.01. The van der Waals surface area contributed by atoms with E-state index in [1.165, 1.54) is 6.08 Å². The predicted molar refractivity (Wildman–Crippen MR) is 137 cm³/mol. The predicted octanol–water partition coefficient (Wildman–Crippen LogP) is 4.25. The second-order valence-corrected chi connectivity index (χ2v) is 9.29. The second-order valence-electron chi connectivity index (χ2n) is 9.29. The van der Waals surface area contributed by atoms with Crippen LogP contribution in [0.3, 0.4) is 0 Å². The monoisotopic (exact) mass is 495 g/mol. The Labute approximate surface area is 211 Å². The molecule has 2 amide bonds. The lowest BCUT2D eigenvalue weighted by molar-refractivity contribution is -0.116. The zero-order chi connectivity index (χ0) is 26.3. The first-order chi connectivity index (χ1) is 17.1. The van der Waals surface area contributed by atoms with Crippen LogP contribution in [-0.2, 0) is 9.53 Å². The standard InChI is InChI=1S/C27H33N3O6/c1-27(2,3)36-26(32)30-25(28)18-8-10-21-20(15-18)19(16-35-21)12-13-29-24(31)11-7-17-6-9-22(33-4)23(14-17)34-5/h6-11,14-15,19H,12-13,16H2,1-5H3,(H,29,31)(H2,28,30,32). The average Bonchev–Trinajstić information content (AvgIpc) is 3.23. The third-order valence-corrected chi connectivity index (χ3v) is 5.43. The van der Waals surface area contributed by atoms with E-state index in [0.29, 0.717) is 36.6 Å². The molecule has 0 saturated carbocycles. The summed E-state index contributed by atoms with van der Waals surface area (Å²) >= 11 is 0. The van der Waals surface area contributed by atoms with Crippen LogP contribution in [-0.4, -0.2) is 50.8 Å². The Bertz CT molecular complexity index is 1150. The van der Waals surface area contributed by atoms with Gasteiger partial charge in [0, 0.05) is 29.7 Å². The van der Waals surface area contributed by atoms with Gasteiger partial charge in [-0.3, -0.25) is 15.5 Å². The largest absolute Gasteiger partial charge is 0.493 e. The number of benzene rings is 2. The van der Waals surface area contributed by atoms with Crippen molar-refractivity contribution < 1.29 is 28.5 Å². The molecule has 1 heterocycles. The molecule has 0 spiro atoms. The van der Waals surface area contributed by atoms with Gasteiger partial charge in [-0.1, -0.05) is 6.07 Å². The van der Waals surface area contributed by atoms with Crippen molar-refractivity contribution in [2.24, 2.45) is 0 Å². The van der Waals surface area contributed by atoms with E-state index in [1.54, 1.807) is 65.3 Å². The first-order valence-corrected chi connectivity index (χ1v) is 11.6. The Morgan fingerprint density at radius 2 is 1.86 bits per heavy atom. The number of hydrogen-bond acceptors (Lipinski definition) is 7. The van der Waals surface area contributed by atoms with Crippen LogP contribution in [0.15, 0.2) is 42.5 Å². The number of amidine groups is 1. The van der Waals surface area contributed by atoms with Crippen molar-refractivity contribution in [1.82, 2.24) is 10.6 Å². The van der Waals surface area contributed by atoms with Crippen molar-refractivity contribution in [3.05, 3.63) is 59.2 Å². The van der Waals surface area contributed by atoms with E-state index >= 15 is 0 Å². The number of nitrogens with one attached hydrogen (secondary N) is 3. The minimum Gasteiger partial charge on any atom is -0.493 e. The van der Waals surface area contributed by atoms with Gasteiger partial charge in [0.15, 0.2) is 11.5 Å². The molecule has 0 fully saturated rings. The van der Waals surface area contributed by atoms with E-state index in [0.717, 1.165) is 16.9 Å². The maximum Gasteiger partial charge on any atom is 0.413 e. The molecule has 1 unspecified atom stereocenters. The molecule has 36 heavy (non-hydrogen) atoms. The maximum atomic E-state index is 12.3. The Balaban J connectivity index is 1.53. The third kappa shape index (κ3) is 7.24. The highest BCUT2D eigenvalue weighted by atomic mass is 16.6. The van der Waals surface area contributed by atoms with Gasteiger partial charge in [0.1, 0.15) is 17.2 Å². The lowest BCUT2D eigenvalue weighted by Gasteiger charge is -2.20. The van der Waals surface area contributed by atoms with Gasteiger partial charge in [0.05, 0.1) is 20.8 Å². The fourth-order valence-corrected chi connectivity index (χ4v) is 3.71. The first kappa shape index (κ1) is 26.6. The summed E-state index contributed by atoms with van der Waals surface area (Å²) in [6.45, 7) is 6.23. The zero-order valence-corrected chi connectivity index (χ0v) is 21.3. The zero-order valence-electron chi connectivity index (χ0n) is 21.3. The summed E-state index contributed by atoms with van der Waals surface area (Å²) in [6.07, 6.45) is 3.17. The molecule has 2 aromatic carbocycles. The normalized spacial score (nSPS) is 14.5. The van der Waals surface area contributed by atoms with Crippen LogP contribution >= 0.6 is 0 Å². The molecule has 1 aliphatic heterocycles. The molecule has 0 aliphatic carbocycles. The van der Waals surface area contributed by atoms with Crippen molar-refractivity contribution in [3.63, 3.8) is 0 Å². The first-order valence-electron chi connectivity index (χ1n) is 11.6. The van der Waals surface area contributed by atoms with Crippen molar-refractivity contribution in [3.8, 4) is 17.2 Å². The molecular weight excluding hydrogens is 462 g/mol. The number of amides is 2. The molecule has 2 aromatic rings. The van der Waals surface area contributed by atoms with Crippen LogP contribution in [0.25, 0.3) is 6.08 Å². The van der Waals surface area contributed by atoms with Gasteiger partial charge in [-0.2, -0.15) is 0 Å². The summed E-state index contributed by atoms with van der Waals surface area (Å²) < 4.78 is 21.5. The molecule has 3 N–H and O–H groups in total. The molecule has 1 atom stereocenters. The van der Waals surface area contributed by atoms with E-state index in [1.807, 2.05) is 12.1 Å². The van der Waals surface area contributed by atoms with Crippen LogP contribution in [0, 0.1) is 5.41 Å². The smallest absolute Gasteiger partial charge is 0.413 e. The molecule has 3 rings (SSSR count). The number of hydrogen-bond donors (Lipinski definition) is 3.